The van der Waals surface area contributed by atoms with Gasteiger partial charge in [-0.05, 0) is 24.1 Å². The quantitative estimate of drug-likeness (QED) is 0.760. The van der Waals surface area contributed by atoms with Gasteiger partial charge in [-0.15, -0.1) is 0 Å². The van der Waals surface area contributed by atoms with Crippen LogP contribution in [0.1, 0.15) is 16.8 Å². The Balaban J connectivity index is 1.82. The highest BCUT2D eigenvalue weighted by atomic mass is 16.3. The van der Waals surface area contributed by atoms with Gasteiger partial charge in [-0.2, -0.15) is 0 Å². The van der Waals surface area contributed by atoms with Crippen LogP contribution in [0.4, 0.5) is 0 Å². The maximum absolute atomic E-state index is 9.34. The second-order valence-electron chi connectivity index (χ2n) is 5.55. The smallest absolute Gasteiger partial charge is 0.139 e. The van der Waals surface area contributed by atoms with E-state index in [1.807, 2.05) is 36.7 Å². The van der Waals surface area contributed by atoms with Gasteiger partial charge in [0.05, 0.1) is 18.5 Å². The molecule has 2 heterocycles. The van der Waals surface area contributed by atoms with Gasteiger partial charge in [0.15, 0.2) is 0 Å². The number of aliphatic hydroxyl groups excluding tert-OH is 1. The number of rotatable bonds is 6. The van der Waals surface area contributed by atoms with Crippen molar-refractivity contribution < 1.29 is 5.11 Å². The highest BCUT2D eigenvalue weighted by molar-refractivity contribution is 5.48. The van der Waals surface area contributed by atoms with Crippen LogP contribution in [0.2, 0.25) is 0 Å². The SMILES string of the molecule is Cc1cccn2c(CN(CCO)Cc3ccccc3)cnc12. The molecule has 4 heteroatoms. The van der Waals surface area contributed by atoms with Crippen LogP contribution in [0, 0.1) is 6.92 Å². The van der Waals surface area contributed by atoms with Crippen molar-refractivity contribution >= 4 is 5.65 Å². The summed E-state index contributed by atoms with van der Waals surface area (Å²) in [5.74, 6) is 0. The second-order valence-corrected chi connectivity index (χ2v) is 5.55. The largest absolute Gasteiger partial charge is 0.395 e. The van der Waals surface area contributed by atoms with Gasteiger partial charge in [0.1, 0.15) is 5.65 Å². The predicted molar refractivity (Wildman–Crippen MR) is 87.6 cm³/mol. The molecule has 0 saturated heterocycles. The maximum Gasteiger partial charge on any atom is 0.139 e. The first-order valence-electron chi connectivity index (χ1n) is 7.56. The molecule has 4 nitrogen and oxygen atoms in total. The van der Waals surface area contributed by atoms with Crippen LogP contribution in [-0.4, -0.2) is 32.5 Å². The molecular formula is C18H21N3O. The van der Waals surface area contributed by atoms with Crippen LogP contribution in [0.3, 0.4) is 0 Å². The molecule has 22 heavy (non-hydrogen) atoms. The standard InChI is InChI=1S/C18H21N3O/c1-15-6-5-9-21-17(12-19-18(15)21)14-20(10-11-22)13-16-7-3-2-4-8-16/h2-9,12,22H,10-11,13-14H2,1H3. The highest BCUT2D eigenvalue weighted by Crippen LogP contribution is 2.14. The van der Waals surface area contributed by atoms with E-state index in [1.165, 1.54) is 11.1 Å². The normalized spacial score (nSPS) is 11.4. The second kappa shape index (κ2) is 6.73. The number of aryl methyl sites for hydroxylation is 1. The van der Waals surface area contributed by atoms with E-state index in [1.54, 1.807) is 0 Å². The van der Waals surface area contributed by atoms with Crippen molar-refractivity contribution in [2.75, 3.05) is 13.2 Å². The predicted octanol–water partition coefficient (Wildman–Crippen LogP) is 2.64. The van der Waals surface area contributed by atoms with E-state index in [-0.39, 0.29) is 6.61 Å². The lowest BCUT2D eigenvalue weighted by molar-refractivity contribution is 0.182. The first-order chi connectivity index (χ1) is 10.8. The Morgan fingerprint density at radius 3 is 2.68 bits per heavy atom. The summed E-state index contributed by atoms with van der Waals surface area (Å²) < 4.78 is 2.13. The molecule has 0 aliphatic rings. The van der Waals surface area contributed by atoms with Crippen molar-refractivity contribution in [2.45, 2.75) is 20.0 Å². The molecule has 0 radical (unpaired) electrons. The maximum atomic E-state index is 9.34. The fourth-order valence-corrected chi connectivity index (χ4v) is 2.75. The monoisotopic (exact) mass is 295 g/mol. The minimum atomic E-state index is 0.155. The van der Waals surface area contributed by atoms with Crippen LogP contribution >= 0.6 is 0 Å². The summed E-state index contributed by atoms with van der Waals surface area (Å²) >= 11 is 0. The number of hydrogen-bond donors (Lipinski definition) is 1. The summed E-state index contributed by atoms with van der Waals surface area (Å²) in [6.07, 6.45) is 3.97. The molecule has 1 N–H and O–H groups in total. The summed E-state index contributed by atoms with van der Waals surface area (Å²) in [6.45, 7) is 4.46. The topological polar surface area (TPSA) is 40.8 Å². The number of aromatic nitrogens is 2. The van der Waals surface area contributed by atoms with Gasteiger partial charge >= 0.3 is 0 Å². The molecule has 3 rings (SSSR count). The number of imidazole rings is 1. The van der Waals surface area contributed by atoms with Crippen molar-refractivity contribution in [1.29, 1.82) is 0 Å². The molecule has 0 unspecified atom stereocenters. The molecule has 0 aliphatic heterocycles. The lowest BCUT2D eigenvalue weighted by Crippen LogP contribution is -2.26. The number of fused-ring (bicyclic) bond motifs is 1. The molecule has 0 aliphatic carbocycles. The molecule has 1 aromatic carbocycles. The summed E-state index contributed by atoms with van der Waals surface area (Å²) in [4.78, 5) is 6.75. The molecular weight excluding hydrogens is 274 g/mol. The summed E-state index contributed by atoms with van der Waals surface area (Å²) in [7, 11) is 0. The van der Waals surface area contributed by atoms with Gasteiger partial charge in [-0.3, -0.25) is 4.90 Å². The third kappa shape index (κ3) is 3.18. The van der Waals surface area contributed by atoms with Crippen LogP contribution < -0.4 is 0 Å². The Labute approximate surface area is 130 Å². The van der Waals surface area contributed by atoms with Crippen molar-refractivity contribution in [3.8, 4) is 0 Å². The fourth-order valence-electron chi connectivity index (χ4n) is 2.75. The Kier molecular flexibility index (Phi) is 4.51. The molecule has 0 fully saturated rings. The van der Waals surface area contributed by atoms with Crippen LogP contribution in [0.15, 0.2) is 54.9 Å². The van der Waals surface area contributed by atoms with Gasteiger partial charge in [-0.25, -0.2) is 4.98 Å². The number of hydrogen-bond acceptors (Lipinski definition) is 3. The van der Waals surface area contributed by atoms with E-state index in [4.69, 9.17) is 0 Å². The van der Waals surface area contributed by atoms with Crippen LogP contribution in [-0.2, 0) is 13.1 Å². The first-order valence-corrected chi connectivity index (χ1v) is 7.56. The van der Waals surface area contributed by atoms with E-state index in [9.17, 15) is 5.11 Å². The average molecular weight is 295 g/mol. The zero-order valence-electron chi connectivity index (χ0n) is 12.8. The van der Waals surface area contributed by atoms with Gasteiger partial charge in [0.2, 0.25) is 0 Å². The summed E-state index contributed by atoms with van der Waals surface area (Å²) in [5.41, 5.74) is 4.57. The van der Waals surface area contributed by atoms with E-state index < -0.39 is 0 Å². The Morgan fingerprint density at radius 1 is 1.09 bits per heavy atom. The first kappa shape index (κ1) is 14.8. The molecule has 2 aromatic heterocycles. The minimum absolute atomic E-state index is 0.155. The van der Waals surface area contributed by atoms with E-state index in [0.29, 0.717) is 6.54 Å². The fraction of sp³-hybridized carbons (Fsp3) is 0.278. The zero-order chi connectivity index (χ0) is 15.4. The Hall–Kier alpha value is -2.17. The van der Waals surface area contributed by atoms with Crippen molar-refractivity contribution in [1.82, 2.24) is 14.3 Å². The third-order valence-corrected chi connectivity index (χ3v) is 3.86. The number of benzene rings is 1. The van der Waals surface area contributed by atoms with E-state index >= 15 is 0 Å². The van der Waals surface area contributed by atoms with Crippen molar-refractivity contribution in [3.05, 3.63) is 71.7 Å². The lowest BCUT2D eigenvalue weighted by Gasteiger charge is -2.21. The van der Waals surface area contributed by atoms with E-state index in [0.717, 1.165) is 24.4 Å². The van der Waals surface area contributed by atoms with Crippen molar-refractivity contribution in [3.63, 3.8) is 0 Å². The summed E-state index contributed by atoms with van der Waals surface area (Å²) in [5, 5.41) is 9.34. The molecule has 3 aromatic rings. The van der Waals surface area contributed by atoms with Gasteiger partial charge in [0, 0.05) is 25.8 Å². The van der Waals surface area contributed by atoms with Crippen molar-refractivity contribution in [2.24, 2.45) is 0 Å². The van der Waals surface area contributed by atoms with Gasteiger partial charge in [0.25, 0.3) is 0 Å². The number of nitrogens with zero attached hydrogens (tertiary/aromatic N) is 3. The molecule has 0 saturated carbocycles. The minimum Gasteiger partial charge on any atom is -0.395 e. The number of pyridine rings is 1. The summed E-state index contributed by atoms with van der Waals surface area (Å²) in [6, 6.07) is 14.5. The van der Waals surface area contributed by atoms with E-state index in [2.05, 4.69) is 39.4 Å². The lowest BCUT2D eigenvalue weighted by atomic mass is 10.2. The molecule has 0 atom stereocenters. The average Bonchev–Trinajstić information content (AvgIpc) is 2.93. The number of aliphatic hydroxyl groups is 1. The molecule has 0 amide bonds. The highest BCUT2D eigenvalue weighted by Gasteiger charge is 2.11. The van der Waals surface area contributed by atoms with Crippen LogP contribution in [0.5, 0.6) is 0 Å². The Morgan fingerprint density at radius 2 is 1.91 bits per heavy atom. The zero-order valence-corrected chi connectivity index (χ0v) is 12.8. The third-order valence-electron chi connectivity index (χ3n) is 3.86. The molecule has 0 bridgehead atoms. The Bertz CT molecular complexity index is 736. The van der Waals surface area contributed by atoms with Gasteiger partial charge in [-0.1, -0.05) is 36.4 Å². The molecule has 114 valence electrons. The van der Waals surface area contributed by atoms with Crippen LogP contribution in [0.25, 0.3) is 5.65 Å². The van der Waals surface area contributed by atoms with Gasteiger partial charge < -0.3 is 9.51 Å². The molecule has 0 spiro atoms.